The molecule has 25 heavy (non-hydrogen) atoms. The van der Waals surface area contributed by atoms with Crippen LogP contribution in [-0.4, -0.2) is 33.4 Å². The molecule has 1 aliphatic carbocycles. The van der Waals surface area contributed by atoms with Crippen molar-refractivity contribution in [2.75, 3.05) is 6.54 Å². The zero-order chi connectivity index (χ0) is 17.6. The van der Waals surface area contributed by atoms with Gasteiger partial charge in [0, 0.05) is 32.0 Å². The Morgan fingerprint density at radius 2 is 2.08 bits per heavy atom. The van der Waals surface area contributed by atoms with E-state index in [4.69, 9.17) is 0 Å². The molecule has 3 rings (SSSR count). The molecule has 0 unspecified atom stereocenters. The van der Waals surface area contributed by atoms with Crippen molar-refractivity contribution in [3.8, 4) is 0 Å². The molecule has 6 heteroatoms. The molecular weight excluding hydrogens is 314 g/mol. The number of rotatable bonds is 5. The van der Waals surface area contributed by atoms with Crippen LogP contribution >= 0.6 is 0 Å². The van der Waals surface area contributed by atoms with Gasteiger partial charge in [0.2, 0.25) is 0 Å². The molecule has 0 bridgehead atoms. The van der Waals surface area contributed by atoms with Crippen molar-refractivity contribution < 1.29 is 4.79 Å². The molecule has 2 aliphatic rings. The number of carbonyl (C=O) groups is 1. The maximum Gasteiger partial charge on any atom is 0.315 e. The lowest BCUT2D eigenvalue weighted by molar-refractivity contribution is 0.206. The van der Waals surface area contributed by atoms with Crippen LogP contribution in [0.4, 0.5) is 4.79 Å². The number of hydrogen-bond acceptors (Lipinski definition) is 3. The van der Waals surface area contributed by atoms with E-state index in [9.17, 15) is 4.79 Å². The quantitative estimate of drug-likeness (QED) is 0.804. The number of hydrogen-bond donors (Lipinski definition) is 2. The smallest absolute Gasteiger partial charge is 0.315 e. The molecule has 3 atom stereocenters. The number of aryl methyl sites for hydroxylation is 2. The Morgan fingerprint density at radius 1 is 1.20 bits per heavy atom. The van der Waals surface area contributed by atoms with Gasteiger partial charge in [0.15, 0.2) is 0 Å². The molecule has 6 nitrogen and oxygen atoms in total. The van der Waals surface area contributed by atoms with Gasteiger partial charge in [-0.2, -0.15) is 0 Å². The van der Waals surface area contributed by atoms with Crippen molar-refractivity contribution in [3.05, 3.63) is 11.6 Å². The monoisotopic (exact) mass is 347 g/mol. The summed E-state index contributed by atoms with van der Waals surface area (Å²) in [6.07, 6.45) is 10.1. The topological polar surface area (TPSA) is 71.8 Å². The van der Waals surface area contributed by atoms with E-state index in [1.54, 1.807) is 0 Å². The molecule has 1 aromatic heterocycles. The lowest BCUT2D eigenvalue weighted by Crippen LogP contribution is -2.47. The van der Waals surface area contributed by atoms with E-state index in [0.717, 1.165) is 49.8 Å². The normalized spacial score (nSPS) is 26.6. The number of nitrogens with one attached hydrogen (secondary N) is 2. The highest BCUT2D eigenvalue weighted by molar-refractivity contribution is 5.74. The fraction of sp³-hybridized carbons (Fsp3) is 0.842. The predicted octanol–water partition coefficient (Wildman–Crippen LogP) is 3.06. The number of nitrogens with zero attached hydrogens (tertiary/aromatic N) is 3. The third kappa shape index (κ3) is 4.95. The molecule has 140 valence electrons. The molecule has 1 aliphatic heterocycles. The molecule has 1 saturated carbocycles. The van der Waals surface area contributed by atoms with Crippen LogP contribution in [0.5, 0.6) is 0 Å². The highest BCUT2D eigenvalue weighted by atomic mass is 16.2. The van der Waals surface area contributed by atoms with E-state index in [-0.39, 0.29) is 6.03 Å². The standard InChI is InChI=1S/C19H33N5O/c1-14-9-10-16(15(2)13-14)21-19(25)20-11-6-8-18-23-22-17-7-4-3-5-12-24(17)18/h14-16H,3-13H2,1-2H3,(H2,20,21,25)/t14-,15+,16+/m1/s1. The van der Waals surface area contributed by atoms with Gasteiger partial charge < -0.3 is 15.2 Å². The number of carbonyl (C=O) groups excluding carboxylic acids is 1. The van der Waals surface area contributed by atoms with Gasteiger partial charge in [0.1, 0.15) is 11.6 Å². The number of fused-ring (bicyclic) bond motifs is 1. The largest absolute Gasteiger partial charge is 0.338 e. The summed E-state index contributed by atoms with van der Waals surface area (Å²) in [5.74, 6) is 3.57. The van der Waals surface area contributed by atoms with Gasteiger partial charge in [-0.3, -0.25) is 0 Å². The highest BCUT2D eigenvalue weighted by Gasteiger charge is 2.26. The Morgan fingerprint density at radius 3 is 2.92 bits per heavy atom. The Hall–Kier alpha value is -1.59. The van der Waals surface area contributed by atoms with Crippen molar-refractivity contribution in [1.29, 1.82) is 0 Å². The minimum absolute atomic E-state index is 0.0218. The number of aromatic nitrogens is 3. The summed E-state index contributed by atoms with van der Waals surface area (Å²) in [6.45, 7) is 6.28. The first-order valence-electron chi connectivity index (χ1n) is 10.1. The average molecular weight is 348 g/mol. The molecule has 0 aromatic carbocycles. The van der Waals surface area contributed by atoms with E-state index >= 15 is 0 Å². The molecule has 2 N–H and O–H groups in total. The fourth-order valence-corrected chi connectivity index (χ4v) is 4.28. The molecule has 0 spiro atoms. The summed E-state index contributed by atoms with van der Waals surface area (Å²) in [4.78, 5) is 12.1. The maximum absolute atomic E-state index is 12.1. The molecule has 0 saturated heterocycles. The second kappa shape index (κ2) is 8.68. The van der Waals surface area contributed by atoms with Crippen LogP contribution in [0.25, 0.3) is 0 Å². The Kier molecular flexibility index (Phi) is 6.32. The minimum Gasteiger partial charge on any atom is -0.338 e. The van der Waals surface area contributed by atoms with E-state index in [1.165, 1.54) is 32.1 Å². The Bertz CT molecular complexity index is 570. The molecule has 2 amide bonds. The van der Waals surface area contributed by atoms with E-state index in [2.05, 4.69) is 39.2 Å². The lowest BCUT2D eigenvalue weighted by atomic mass is 9.80. The van der Waals surface area contributed by atoms with Crippen LogP contribution in [0.15, 0.2) is 0 Å². The van der Waals surface area contributed by atoms with Crippen LogP contribution in [0.1, 0.15) is 70.4 Å². The van der Waals surface area contributed by atoms with Crippen molar-refractivity contribution in [1.82, 2.24) is 25.4 Å². The van der Waals surface area contributed by atoms with Crippen LogP contribution in [-0.2, 0) is 19.4 Å². The van der Waals surface area contributed by atoms with Gasteiger partial charge in [-0.05, 0) is 50.4 Å². The second-order valence-electron chi connectivity index (χ2n) is 8.00. The van der Waals surface area contributed by atoms with E-state index < -0.39 is 0 Å². The first kappa shape index (κ1) is 18.2. The minimum atomic E-state index is -0.0218. The average Bonchev–Trinajstić information content (AvgIpc) is 2.81. The SMILES string of the molecule is C[C@@H]1CC[C@H](NC(=O)NCCCc2nnc3n2CCCCC3)[C@@H](C)C1. The van der Waals surface area contributed by atoms with Gasteiger partial charge in [-0.1, -0.05) is 20.3 Å². The van der Waals surface area contributed by atoms with Gasteiger partial charge in [-0.15, -0.1) is 10.2 Å². The molecule has 1 fully saturated rings. The van der Waals surface area contributed by atoms with Crippen LogP contribution in [0.3, 0.4) is 0 Å². The molecule has 0 radical (unpaired) electrons. The first-order valence-corrected chi connectivity index (χ1v) is 10.1. The summed E-state index contributed by atoms with van der Waals surface area (Å²) in [5, 5.41) is 14.9. The summed E-state index contributed by atoms with van der Waals surface area (Å²) in [5.41, 5.74) is 0. The number of urea groups is 1. The maximum atomic E-state index is 12.1. The summed E-state index contributed by atoms with van der Waals surface area (Å²) < 4.78 is 2.29. The zero-order valence-electron chi connectivity index (χ0n) is 15.8. The van der Waals surface area contributed by atoms with Crippen molar-refractivity contribution in [3.63, 3.8) is 0 Å². The summed E-state index contributed by atoms with van der Waals surface area (Å²) in [7, 11) is 0. The Labute approximate surface area is 151 Å². The van der Waals surface area contributed by atoms with Crippen molar-refractivity contribution in [2.24, 2.45) is 11.8 Å². The number of amides is 2. The zero-order valence-corrected chi connectivity index (χ0v) is 15.8. The van der Waals surface area contributed by atoms with Gasteiger partial charge in [-0.25, -0.2) is 4.79 Å². The van der Waals surface area contributed by atoms with Crippen LogP contribution in [0, 0.1) is 11.8 Å². The second-order valence-corrected chi connectivity index (χ2v) is 8.00. The molecule has 1 aromatic rings. The van der Waals surface area contributed by atoms with E-state index in [1.807, 2.05) is 0 Å². The van der Waals surface area contributed by atoms with Gasteiger partial charge in [0.05, 0.1) is 0 Å². The highest BCUT2D eigenvalue weighted by Crippen LogP contribution is 2.28. The van der Waals surface area contributed by atoms with Gasteiger partial charge in [0.25, 0.3) is 0 Å². The molecule has 2 heterocycles. The van der Waals surface area contributed by atoms with Crippen molar-refractivity contribution in [2.45, 2.75) is 84.2 Å². The molecular formula is C19H33N5O. The fourth-order valence-electron chi connectivity index (χ4n) is 4.28. The first-order chi connectivity index (χ1) is 12.1. The third-order valence-corrected chi connectivity index (χ3v) is 5.80. The van der Waals surface area contributed by atoms with E-state index in [0.29, 0.717) is 18.5 Å². The third-order valence-electron chi connectivity index (χ3n) is 5.80. The summed E-state index contributed by atoms with van der Waals surface area (Å²) in [6, 6.07) is 0.301. The summed E-state index contributed by atoms with van der Waals surface area (Å²) >= 11 is 0. The van der Waals surface area contributed by atoms with Gasteiger partial charge >= 0.3 is 6.03 Å². The lowest BCUT2D eigenvalue weighted by Gasteiger charge is -2.33. The van der Waals surface area contributed by atoms with Crippen LogP contribution in [0.2, 0.25) is 0 Å². The van der Waals surface area contributed by atoms with Crippen molar-refractivity contribution >= 4 is 6.03 Å². The Balaban J connectivity index is 1.37. The van der Waals surface area contributed by atoms with Crippen LogP contribution < -0.4 is 10.6 Å². The predicted molar refractivity (Wildman–Crippen MR) is 98.4 cm³/mol.